The largest absolute Gasteiger partial charge is 0.481 e. The highest BCUT2D eigenvalue weighted by molar-refractivity contribution is 9.10. The van der Waals surface area contributed by atoms with E-state index in [4.69, 9.17) is 0 Å². The SMILES string of the molecule is CC1=CCC(C(=O)O)C(C(=O)Nc2ccc(Br)cc2)C1. The Morgan fingerprint density at radius 1 is 1.25 bits per heavy atom. The van der Waals surface area contributed by atoms with Gasteiger partial charge in [0, 0.05) is 10.2 Å². The Bertz CT molecular complexity index is 551. The lowest BCUT2D eigenvalue weighted by Crippen LogP contribution is -2.35. The number of amides is 1. The molecule has 0 saturated carbocycles. The summed E-state index contributed by atoms with van der Waals surface area (Å²) in [5, 5.41) is 12.0. The molecule has 0 radical (unpaired) electrons. The molecule has 0 fully saturated rings. The van der Waals surface area contributed by atoms with Crippen molar-refractivity contribution in [2.75, 3.05) is 5.32 Å². The second-order valence-electron chi connectivity index (χ2n) is 5.04. The number of nitrogens with one attached hydrogen (secondary N) is 1. The summed E-state index contributed by atoms with van der Waals surface area (Å²) in [6.07, 6.45) is 2.82. The highest BCUT2D eigenvalue weighted by Gasteiger charge is 2.35. The van der Waals surface area contributed by atoms with E-state index in [0.29, 0.717) is 18.5 Å². The van der Waals surface area contributed by atoms with Crippen LogP contribution in [0.3, 0.4) is 0 Å². The van der Waals surface area contributed by atoms with Gasteiger partial charge in [-0.3, -0.25) is 9.59 Å². The van der Waals surface area contributed by atoms with E-state index < -0.39 is 17.8 Å². The van der Waals surface area contributed by atoms with Crippen LogP contribution in [0.2, 0.25) is 0 Å². The van der Waals surface area contributed by atoms with Crippen molar-refractivity contribution in [2.45, 2.75) is 19.8 Å². The topological polar surface area (TPSA) is 66.4 Å². The normalized spacial score (nSPS) is 22.0. The number of aliphatic carboxylic acids is 1. The third kappa shape index (κ3) is 3.48. The van der Waals surface area contributed by atoms with E-state index in [-0.39, 0.29) is 5.91 Å². The van der Waals surface area contributed by atoms with Crippen LogP contribution in [-0.2, 0) is 9.59 Å². The molecule has 1 aliphatic carbocycles. The molecule has 2 unspecified atom stereocenters. The summed E-state index contributed by atoms with van der Waals surface area (Å²) < 4.78 is 0.926. The van der Waals surface area contributed by atoms with Crippen molar-refractivity contribution < 1.29 is 14.7 Å². The summed E-state index contributed by atoms with van der Waals surface area (Å²) in [6.45, 7) is 1.93. The second kappa shape index (κ2) is 6.22. The van der Waals surface area contributed by atoms with Crippen molar-refractivity contribution in [3.8, 4) is 0 Å². The van der Waals surface area contributed by atoms with Gasteiger partial charge in [0.05, 0.1) is 11.8 Å². The number of halogens is 1. The Morgan fingerprint density at radius 3 is 2.50 bits per heavy atom. The number of carboxylic acid groups (broad SMARTS) is 1. The Balaban J connectivity index is 2.12. The third-order valence-electron chi connectivity index (χ3n) is 3.51. The van der Waals surface area contributed by atoms with Gasteiger partial charge >= 0.3 is 5.97 Å². The number of anilines is 1. The van der Waals surface area contributed by atoms with Crippen LogP contribution in [0.4, 0.5) is 5.69 Å². The van der Waals surface area contributed by atoms with E-state index in [9.17, 15) is 14.7 Å². The Labute approximate surface area is 126 Å². The molecular weight excluding hydrogens is 322 g/mol. The maximum Gasteiger partial charge on any atom is 0.307 e. The van der Waals surface area contributed by atoms with Crippen molar-refractivity contribution in [2.24, 2.45) is 11.8 Å². The lowest BCUT2D eigenvalue weighted by Gasteiger charge is -2.26. The van der Waals surface area contributed by atoms with Crippen LogP contribution in [0.15, 0.2) is 40.4 Å². The first-order valence-electron chi connectivity index (χ1n) is 6.42. The summed E-state index contributed by atoms with van der Waals surface area (Å²) in [4.78, 5) is 23.6. The number of allylic oxidation sites excluding steroid dienone is 2. The molecule has 0 saturated heterocycles. The molecule has 0 aromatic heterocycles. The molecule has 5 heteroatoms. The minimum Gasteiger partial charge on any atom is -0.481 e. The van der Waals surface area contributed by atoms with Crippen molar-refractivity contribution in [3.05, 3.63) is 40.4 Å². The van der Waals surface area contributed by atoms with Crippen molar-refractivity contribution in [1.82, 2.24) is 0 Å². The molecule has 2 atom stereocenters. The Morgan fingerprint density at radius 2 is 1.90 bits per heavy atom. The van der Waals surface area contributed by atoms with Crippen molar-refractivity contribution in [3.63, 3.8) is 0 Å². The summed E-state index contributed by atoms with van der Waals surface area (Å²) in [5.41, 5.74) is 1.74. The lowest BCUT2D eigenvalue weighted by molar-refractivity contribution is -0.146. The quantitative estimate of drug-likeness (QED) is 0.830. The van der Waals surface area contributed by atoms with Crippen LogP contribution < -0.4 is 5.32 Å². The fourth-order valence-electron chi connectivity index (χ4n) is 2.38. The van der Waals surface area contributed by atoms with Gasteiger partial charge in [0.1, 0.15) is 0 Å². The smallest absolute Gasteiger partial charge is 0.307 e. The summed E-state index contributed by atoms with van der Waals surface area (Å²) >= 11 is 3.33. The maximum atomic E-state index is 12.3. The van der Waals surface area contributed by atoms with E-state index in [1.54, 1.807) is 12.1 Å². The maximum absolute atomic E-state index is 12.3. The van der Waals surface area contributed by atoms with Crippen LogP contribution in [0.25, 0.3) is 0 Å². The minimum atomic E-state index is -0.912. The van der Waals surface area contributed by atoms with Gasteiger partial charge in [-0.25, -0.2) is 0 Å². The molecule has 1 aliphatic rings. The molecule has 1 aromatic rings. The molecule has 0 bridgehead atoms. The molecule has 2 N–H and O–H groups in total. The highest BCUT2D eigenvalue weighted by Crippen LogP contribution is 2.31. The number of carbonyl (C=O) groups excluding carboxylic acids is 1. The van der Waals surface area contributed by atoms with Gasteiger partial charge in [-0.05, 0) is 44.0 Å². The van der Waals surface area contributed by atoms with Gasteiger partial charge < -0.3 is 10.4 Å². The Hall–Kier alpha value is -1.62. The number of benzene rings is 1. The lowest BCUT2D eigenvalue weighted by atomic mass is 9.79. The summed E-state index contributed by atoms with van der Waals surface area (Å²) in [6, 6.07) is 7.22. The van der Waals surface area contributed by atoms with E-state index in [2.05, 4.69) is 21.2 Å². The molecule has 1 amide bonds. The number of hydrogen-bond acceptors (Lipinski definition) is 2. The fraction of sp³-hybridized carbons (Fsp3) is 0.333. The van der Waals surface area contributed by atoms with Crippen LogP contribution in [0, 0.1) is 11.8 Å². The van der Waals surface area contributed by atoms with E-state index in [1.165, 1.54) is 0 Å². The zero-order valence-corrected chi connectivity index (χ0v) is 12.7. The van der Waals surface area contributed by atoms with Crippen LogP contribution >= 0.6 is 15.9 Å². The standard InChI is InChI=1S/C15H16BrNO3/c1-9-2-7-12(15(19)20)13(8-9)14(18)17-11-5-3-10(16)4-6-11/h2-6,12-13H,7-8H2,1H3,(H,17,18)(H,19,20). The van der Waals surface area contributed by atoms with Crippen LogP contribution in [0.1, 0.15) is 19.8 Å². The molecule has 20 heavy (non-hydrogen) atoms. The summed E-state index contributed by atoms with van der Waals surface area (Å²) in [5.74, 6) is -2.30. The summed E-state index contributed by atoms with van der Waals surface area (Å²) in [7, 11) is 0. The number of rotatable bonds is 3. The first-order valence-corrected chi connectivity index (χ1v) is 7.21. The van der Waals surface area contributed by atoms with Gasteiger partial charge in [0.2, 0.25) is 5.91 Å². The highest BCUT2D eigenvalue weighted by atomic mass is 79.9. The zero-order chi connectivity index (χ0) is 14.7. The van der Waals surface area contributed by atoms with E-state index in [0.717, 1.165) is 10.0 Å². The zero-order valence-electron chi connectivity index (χ0n) is 11.1. The average molecular weight is 338 g/mol. The average Bonchev–Trinajstić information content (AvgIpc) is 2.41. The molecule has 0 aliphatic heterocycles. The number of carboxylic acids is 1. The molecule has 4 nitrogen and oxygen atoms in total. The number of carbonyl (C=O) groups is 2. The third-order valence-corrected chi connectivity index (χ3v) is 4.04. The van der Waals surface area contributed by atoms with Crippen molar-refractivity contribution in [1.29, 1.82) is 0 Å². The van der Waals surface area contributed by atoms with Crippen LogP contribution in [0.5, 0.6) is 0 Å². The van der Waals surface area contributed by atoms with E-state index in [1.807, 2.05) is 25.1 Å². The minimum absolute atomic E-state index is 0.229. The first kappa shape index (κ1) is 14.8. The molecule has 2 rings (SSSR count). The van der Waals surface area contributed by atoms with Crippen molar-refractivity contribution >= 4 is 33.5 Å². The molecular formula is C15H16BrNO3. The van der Waals surface area contributed by atoms with E-state index >= 15 is 0 Å². The predicted molar refractivity (Wildman–Crippen MR) is 80.4 cm³/mol. The predicted octanol–water partition coefficient (Wildman–Crippen LogP) is 3.44. The van der Waals surface area contributed by atoms with Gasteiger partial charge in [0.15, 0.2) is 0 Å². The van der Waals surface area contributed by atoms with Crippen LogP contribution in [-0.4, -0.2) is 17.0 Å². The Kier molecular flexibility index (Phi) is 4.60. The fourth-order valence-corrected chi connectivity index (χ4v) is 2.65. The van der Waals surface area contributed by atoms with Gasteiger partial charge in [-0.15, -0.1) is 0 Å². The molecule has 0 heterocycles. The van der Waals surface area contributed by atoms with Gasteiger partial charge in [0.25, 0.3) is 0 Å². The molecule has 1 aromatic carbocycles. The van der Waals surface area contributed by atoms with Gasteiger partial charge in [-0.2, -0.15) is 0 Å². The second-order valence-corrected chi connectivity index (χ2v) is 5.95. The molecule has 0 spiro atoms. The molecule has 106 valence electrons. The van der Waals surface area contributed by atoms with Gasteiger partial charge in [-0.1, -0.05) is 27.6 Å². The number of hydrogen-bond donors (Lipinski definition) is 2. The first-order chi connectivity index (χ1) is 9.47. The monoisotopic (exact) mass is 337 g/mol.